The van der Waals surface area contributed by atoms with E-state index in [4.69, 9.17) is 14.6 Å². The van der Waals surface area contributed by atoms with Crippen LogP contribution in [0.3, 0.4) is 0 Å². The van der Waals surface area contributed by atoms with Gasteiger partial charge in [-0.15, -0.1) is 0 Å². The molecule has 1 aromatic carbocycles. The molecular formula is C11H14N2O5S. The zero-order chi connectivity index (χ0) is 14.0. The van der Waals surface area contributed by atoms with Crippen molar-refractivity contribution in [3.05, 3.63) is 17.7 Å². The van der Waals surface area contributed by atoms with Crippen molar-refractivity contribution in [3.63, 3.8) is 0 Å². The Morgan fingerprint density at radius 3 is 2.68 bits per heavy atom. The van der Waals surface area contributed by atoms with Gasteiger partial charge in [0.15, 0.2) is 11.5 Å². The largest absolute Gasteiger partial charge is 0.486 e. The highest BCUT2D eigenvalue weighted by atomic mass is 32.2. The fraction of sp³-hybridized carbons (Fsp3) is 0.364. The summed E-state index contributed by atoms with van der Waals surface area (Å²) < 4.78 is 33.5. The fourth-order valence-electron chi connectivity index (χ4n) is 1.72. The van der Waals surface area contributed by atoms with E-state index < -0.39 is 15.9 Å². The minimum atomic E-state index is -3.92. The molecule has 0 aromatic heterocycles. The van der Waals surface area contributed by atoms with Gasteiger partial charge in [0.2, 0.25) is 10.0 Å². The quantitative estimate of drug-likeness (QED) is 0.803. The first-order chi connectivity index (χ1) is 8.93. The van der Waals surface area contributed by atoms with Crippen LogP contribution in [-0.4, -0.2) is 34.1 Å². The summed E-state index contributed by atoms with van der Waals surface area (Å²) in [6.07, 6.45) is 0. The van der Waals surface area contributed by atoms with Gasteiger partial charge in [0, 0.05) is 12.6 Å². The van der Waals surface area contributed by atoms with E-state index in [1.807, 2.05) is 0 Å². The van der Waals surface area contributed by atoms with Crippen molar-refractivity contribution in [2.75, 3.05) is 19.8 Å². The molecule has 3 N–H and O–H groups in total. The highest BCUT2D eigenvalue weighted by Crippen LogP contribution is 2.36. The van der Waals surface area contributed by atoms with Crippen LogP contribution in [0.15, 0.2) is 17.0 Å². The van der Waals surface area contributed by atoms with Gasteiger partial charge < -0.3 is 14.8 Å². The number of benzene rings is 1. The third kappa shape index (κ3) is 2.79. The molecule has 0 saturated carbocycles. The number of nitrogens with one attached hydrogen (secondary N) is 1. The number of hydrogen-bond donors (Lipinski definition) is 2. The molecule has 0 unspecified atom stereocenters. The van der Waals surface area contributed by atoms with Gasteiger partial charge in [0.05, 0.1) is 10.5 Å². The second-order valence-electron chi connectivity index (χ2n) is 3.90. The van der Waals surface area contributed by atoms with E-state index in [9.17, 15) is 13.2 Å². The van der Waals surface area contributed by atoms with Crippen LogP contribution in [0.1, 0.15) is 17.3 Å². The normalized spacial score (nSPS) is 14.0. The van der Waals surface area contributed by atoms with Gasteiger partial charge in [-0.05, 0) is 13.0 Å². The summed E-state index contributed by atoms with van der Waals surface area (Å²) in [5, 5.41) is 7.66. The van der Waals surface area contributed by atoms with Crippen molar-refractivity contribution in [1.82, 2.24) is 5.32 Å². The molecule has 19 heavy (non-hydrogen) atoms. The van der Waals surface area contributed by atoms with E-state index in [0.29, 0.717) is 13.2 Å². The average molecular weight is 286 g/mol. The van der Waals surface area contributed by atoms with Crippen LogP contribution >= 0.6 is 0 Å². The molecule has 0 bridgehead atoms. The lowest BCUT2D eigenvalue weighted by molar-refractivity contribution is 0.0944. The Hall–Kier alpha value is -1.80. The van der Waals surface area contributed by atoms with Crippen molar-refractivity contribution in [2.45, 2.75) is 11.8 Å². The molecule has 0 radical (unpaired) electrons. The van der Waals surface area contributed by atoms with Crippen molar-refractivity contribution < 1.29 is 22.7 Å². The summed E-state index contributed by atoms with van der Waals surface area (Å²) in [4.78, 5) is 11.7. The molecule has 2 rings (SSSR count). The number of amides is 1. The lowest BCUT2D eigenvalue weighted by Gasteiger charge is -2.21. The van der Waals surface area contributed by atoms with E-state index in [-0.39, 0.29) is 28.6 Å². The second-order valence-corrected chi connectivity index (χ2v) is 5.46. The highest BCUT2D eigenvalue weighted by Gasteiger charge is 2.24. The fourth-order valence-corrected chi connectivity index (χ4v) is 2.27. The predicted octanol–water partition coefficient (Wildman–Crippen LogP) is -0.145. The van der Waals surface area contributed by atoms with E-state index in [1.54, 1.807) is 6.92 Å². The van der Waals surface area contributed by atoms with Crippen molar-refractivity contribution >= 4 is 15.9 Å². The third-order valence-corrected chi connectivity index (χ3v) is 3.42. The summed E-state index contributed by atoms with van der Waals surface area (Å²) in [6, 6.07) is 2.44. The Morgan fingerprint density at radius 1 is 1.37 bits per heavy atom. The molecule has 1 aromatic rings. The van der Waals surface area contributed by atoms with Crippen molar-refractivity contribution in [1.29, 1.82) is 0 Å². The number of primary sulfonamides is 1. The van der Waals surface area contributed by atoms with E-state index >= 15 is 0 Å². The first-order valence-electron chi connectivity index (χ1n) is 5.68. The Bertz CT molecular complexity index is 612. The molecule has 0 atom stereocenters. The number of carbonyl (C=O) groups is 1. The van der Waals surface area contributed by atoms with Crippen molar-refractivity contribution in [2.24, 2.45) is 5.14 Å². The van der Waals surface area contributed by atoms with Gasteiger partial charge in [0.1, 0.15) is 13.2 Å². The van der Waals surface area contributed by atoms with E-state index in [0.717, 1.165) is 0 Å². The number of nitrogens with two attached hydrogens (primary N) is 1. The van der Waals surface area contributed by atoms with Gasteiger partial charge in [-0.3, -0.25) is 4.79 Å². The van der Waals surface area contributed by atoms with Gasteiger partial charge in [-0.25, -0.2) is 13.6 Å². The highest BCUT2D eigenvalue weighted by molar-refractivity contribution is 7.89. The second kappa shape index (κ2) is 5.06. The monoisotopic (exact) mass is 286 g/mol. The minimum Gasteiger partial charge on any atom is -0.486 e. The molecule has 0 saturated heterocycles. The summed E-state index contributed by atoms with van der Waals surface area (Å²) in [6.45, 7) is 2.75. The molecule has 0 spiro atoms. The number of carbonyl (C=O) groups excluding carboxylic acids is 1. The van der Waals surface area contributed by atoms with Crippen LogP contribution < -0.4 is 19.9 Å². The molecule has 104 valence electrons. The Balaban J connectivity index is 2.59. The molecule has 1 heterocycles. The maximum Gasteiger partial charge on any atom is 0.255 e. The van der Waals surface area contributed by atoms with Crippen LogP contribution in [0.25, 0.3) is 0 Å². The van der Waals surface area contributed by atoms with Crippen molar-refractivity contribution in [3.8, 4) is 11.5 Å². The molecule has 1 aliphatic heterocycles. The SMILES string of the molecule is CCNC(=O)c1cc(S(N)(=O)=O)cc2c1OCCO2. The minimum absolute atomic E-state index is 0.100. The number of ether oxygens (including phenoxy) is 2. The molecule has 8 heteroatoms. The molecule has 1 aliphatic rings. The topological polar surface area (TPSA) is 108 Å². The molecule has 1 amide bonds. The molecule has 7 nitrogen and oxygen atoms in total. The van der Waals surface area contributed by atoms with Gasteiger partial charge >= 0.3 is 0 Å². The zero-order valence-corrected chi connectivity index (χ0v) is 11.1. The molecule has 0 aliphatic carbocycles. The first kappa shape index (κ1) is 13.6. The Kier molecular flexibility index (Phi) is 3.63. The van der Waals surface area contributed by atoms with Gasteiger partial charge in [0.25, 0.3) is 5.91 Å². The summed E-state index contributed by atoms with van der Waals surface area (Å²) in [7, 11) is -3.92. The summed E-state index contributed by atoms with van der Waals surface area (Å²) >= 11 is 0. The lowest BCUT2D eigenvalue weighted by Crippen LogP contribution is -2.26. The molecule has 0 fully saturated rings. The number of rotatable bonds is 3. The first-order valence-corrected chi connectivity index (χ1v) is 7.22. The maximum atomic E-state index is 11.9. The van der Waals surface area contributed by atoms with Crippen LogP contribution in [0.5, 0.6) is 11.5 Å². The van der Waals surface area contributed by atoms with E-state index in [2.05, 4.69) is 5.32 Å². The number of hydrogen-bond acceptors (Lipinski definition) is 5. The predicted molar refractivity (Wildman–Crippen MR) is 66.8 cm³/mol. The number of fused-ring (bicyclic) bond motifs is 1. The van der Waals surface area contributed by atoms with Crippen LogP contribution in [0, 0.1) is 0 Å². The Morgan fingerprint density at radius 2 is 2.05 bits per heavy atom. The van der Waals surface area contributed by atoms with Crippen LogP contribution in [0.2, 0.25) is 0 Å². The van der Waals surface area contributed by atoms with Gasteiger partial charge in [-0.2, -0.15) is 0 Å². The third-order valence-electron chi connectivity index (χ3n) is 2.53. The summed E-state index contributed by atoms with van der Waals surface area (Å²) in [5.74, 6) is 0.0124. The average Bonchev–Trinajstić information content (AvgIpc) is 2.36. The standard InChI is InChI=1S/C11H14N2O5S/c1-2-13-11(14)8-5-7(19(12,15)16)6-9-10(8)18-4-3-17-9/h5-6H,2-4H2,1H3,(H,13,14)(H2,12,15,16). The smallest absolute Gasteiger partial charge is 0.255 e. The maximum absolute atomic E-state index is 11.9. The molecular weight excluding hydrogens is 272 g/mol. The number of sulfonamides is 1. The van der Waals surface area contributed by atoms with Crippen LogP contribution in [0.4, 0.5) is 0 Å². The zero-order valence-electron chi connectivity index (χ0n) is 10.3. The Labute approximate surface area is 110 Å². The lowest BCUT2D eigenvalue weighted by atomic mass is 10.1. The van der Waals surface area contributed by atoms with Crippen LogP contribution in [-0.2, 0) is 10.0 Å². The van der Waals surface area contributed by atoms with Gasteiger partial charge in [-0.1, -0.05) is 0 Å². The van der Waals surface area contributed by atoms with E-state index in [1.165, 1.54) is 12.1 Å². The summed E-state index contributed by atoms with van der Waals surface area (Å²) in [5.41, 5.74) is 0.100.